The molecular formula is C23H24FN5O5S2. The van der Waals surface area contributed by atoms with E-state index in [1.807, 2.05) is 0 Å². The molecule has 1 saturated carbocycles. The summed E-state index contributed by atoms with van der Waals surface area (Å²) in [5.41, 5.74) is 8.06. The predicted octanol–water partition coefficient (Wildman–Crippen LogP) is 3.62. The molecule has 0 atom stereocenters. The van der Waals surface area contributed by atoms with Crippen LogP contribution in [0, 0.1) is 5.82 Å². The number of benzene rings is 2. The molecule has 3 N–H and O–H groups in total. The van der Waals surface area contributed by atoms with E-state index in [-0.39, 0.29) is 28.6 Å². The molecule has 13 heteroatoms. The van der Waals surface area contributed by atoms with Crippen LogP contribution in [0.3, 0.4) is 0 Å². The SMILES string of the molecule is CC(C)S(=O)(=O)n1c(N)nc2c(OS(C)(=O)=O)cc(-c3nc(C4CC4)[nH]c3-c3ccc(F)cc3)cc21. The quantitative estimate of drug-likeness (QED) is 0.342. The first-order valence-corrected chi connectivity index (χ1v) is 14.5. The van der Waals surface area contributed by atoms with Crippen LogP contribution in [0.5, 0.6) is 5.75 Å². The van der Waals surface area contributed by atoms with Crippen molar-refractivity contribution in [2.75, 3.05) is 12.0 Å². The predicted molar refractivity (Wildman–Crippen MR) is 134 cm³/mol. The normalized spacial score (nSPS) is 14.6. The average Bonchev–Trinajstić information content (AvgIpc) is 3.43. The van der Waals surface area contributed by atoms with E-state index in [0.29, 0.717) is 22.5 Å². The molecule has 1 aliphatic rings. The number of aromatic amines is 1. The molecule has 0 unspecified atom stereocenters. The third kappa shape index (κ3) is 4.32. The third-order valence-corrected chi connectivity index (χ3v) is 8.46. The molecule has 2 aromatic carbocycles. The largest absolute Gasteiger partial charge is 0.380 e. The molecule has 2 aromatic heterocycles. The van der Waals surface area contributed by atoms with Gasteiger partial charge < -0.3 is 14.9 Å². The van der Waals surface area contributed by atoms with Crippen LogP contribution in [0.1, 0.15) is 38.4 Å². The minimum Gasteiger partial charge on any atom is -0.380 e. The summed E-state index contributed by atoms with van der Waals surface area (Å²) >= 11 is 0. The summed E-state index contributed by atoms with van der Waals surface area (Å²) in [5, 5.41) is -0.832. The average molecular weight is 534 g/mol. The molecule has 10 nitrogen and oxygen atoms in total. The van der Waals surface area contributed by atoms with Gasteiger partial charge in [0.05, 0.1) is 28.4 Å². The van der Waals surface area contributed by atoms with Crippen LogP contribution in [-0.2, 0) is 20.1 Å². The van der Waals surface area contributed by atoms with Crippen LogP contribution < -0.4 is 9.92 Å². The van der Waals surface area contributed by atoms with Crippen molar-refractivity contribution in [3.05, 3.63) is 48.0 Å². The number of aromatic nitrogens is 4. The van der Waals surface area contributed by atoms with Crippen LogP contribution >= 0.6 is 0 Å². The van der Waals surface area contributed by atoms with Crippen molar-refractivity contribution in [1.82, 2.24) is 18.9 Å². The summed E-state index contributed by atoms with van der Waals surface area (Å²) < 4.78 is 70.0. The van der Waals surface area contributed by atoms with Gasteiger partial charge in [0.1, 0.15) is 17.2 Å². The van der Waals surface area contributed by atoms with Crippen LogP contribution in [-0.4, -0.2) is 47.3 Å². The van der Waals surface area contributed by atoms with Gasteiger partial charge in [0.25, 0.3) is 0 Å². The summed E-state index contributed by atoms with van der Waals surface area (Å²) in [5.74, 6) is 0.0728. The third-order valence-electron chi connectivity index (χ3n) is 5.89. The van der Waals surface area contributed by atoms with Crippen molar-refractivity contribution in [3.8, 4) is 28.3 Å². The number of rotatable bonds is 7. The number of nitrogens with two attached hydrogens (primary N) is 1. The molecule has 36 heavy (non-hydrogen) atoms. The van der Waals surface area contributed by atoms with E-state index in [2.05, 4.69) is 9.97 Å². The molecule has 0 spiro atoms. The topological polar surface area (TPSA) is 150 Å². The number of imidazole rings is 2. The zero-order valence-electron chi connectivity index (χ0n) is 19.7. The van der Waals surface area contributed by atoms with Gasteiger partial charge in [-0.05, 0) is 63.1 Å². The van der Waals surface area contributed by atoms with Gasteiger partial charge in [-0.2, -0.15) is 8.42 Å². The Bertz CT molecular complexity index is 1700. The highest BCUT2D eigenvalue weighted by molar-refractivity contribution is 7.90. The number of nitrogen functional groups attached to an aromatic ring is 1. The van der Waals surface area contributed by atoms with E-state index in [4.69, 9.17) is 14.9 Å². The van der Waals surface area contributed by atoms with Crippen molar-refractivity contribution in [3.63, 3.8) is 0 Å². The first-order chi connectivity index (χ1) is 16.8. The van der Waals surface area contributed by atoms with Gasteiger partial charge in [-0.25, -0.2) is 26.7 Å². The van der Waals surface area contributed by atoms with Gasteiger partial charge in [0.2, 0.25) is 16.0 Å². The molecule has 1 aliphatic carbocycles. The Morgan fingerprint density at radius 3 is 2.33 bits per heavy atom. The summed E-state index contributed by atoms with van der Waals surface area (Å²) in [6, 6.07) is 8.81. The van der Waals surface area contributed by atoms with Crippen molar-refractivity contribution in [1.29, 1.82) is 0 Å². The van der Waals surface area contributed by atoms with E-state index >= 15 is 0 Å². The minimum absolute atomic E-state index is 0.0211. The second kappa shape index (κ2) is 8.30. The molecule has 0 aliphatic heterocycles. The Hall–Kier alpha value is -3.45. The number of hydrogen-bond acceptors (Lipinski definition) is 8. The molecule has 0 radical (unpaired) electrons. The fourth-order valence-corrected chi connectivity index (χ4v) is 5.55. The van der Waals surface area contributed by atoms with Gasteiger partial charge >= 0.3 is 10.1 Å². The van der Waals surface area contributed by atoms with E-state index in [0.717, 1.165) is 28.9 Å². The molecule has 0 saturated heterocycles. The zero-order chi connectivity index (χ0) is 26.0. The van der Waals surface area contributed by atoms with Crippen molar-refractivity contribution in [2.45, 2.75) is 37.9 Å². The van der Waals surface area contributed by atoms with E-state index < -0.39 is 31.2 Å². The Morgan fingerprint density at radius 2 is 1.75 bits per heavy atom. The maximum atomic E-state index is 13.6. The molecule has 190 valence electrons. The highest BCUT2D eigenvalue weighted by Crippen LogP contribution is 2.43. The second-order valence-electron chi connectivity index (χ2n) is 9.08. The summed E-state index contributed by atoms with van der Waals surface area (Å²) in [4.78, 5) is 12.2. The lowest BCUT2D eigenvalue weighted by molar-refractivity contribution is 0.495. The smallest absolute Gasteiger partial charge is 0.306 e. The fourth-order valence-electron chi connectivity index (χ4n) is 3.96. The molecule has 4 aromatic rings. The summed E-state index contributed by atoms with van der Waals surface area (Å²) in [6.07, 6.45) is 2.81. The summed E-state index contributed by atoms with van der Waals surface area (Å²) in [7, 11) is -7.96. The lowest BCUT2D eigenvalue weighted by atomic mass is 10.0. The Morgan fingerprint density at radius 1 is 1.08 bits per heavy atom. The molecule has 0 bridgehead atoms. The van der Waals surface area contributed by atoms with Crippen LogP contribution in [0.15, 0.2) is 36.4 Å². The Balaban J connectivity index is 1.82. The first kappa shape index (κ1) is 24.3. The van der Waals surface area contributed by atoms with Gasteiger partial charge in [-0.15, -0.1) is 0 Å². The van der Waals surface area contributed by atoms with Crippen molar-refractivity contribution >= 4 is 37.1 Å². The number of nitrogens with one attached hydrogen (secondary N) is 1. The van der Waals surface area contributed by atoms with E-state index in [9.17, 15) is 21.2 Å². The van der Waals surface area contributed by atoms with Gasteiger partial charge in [-0.3, -0.25) is 0 Å². The minimum atomic E-state index is -4.00. The lowest BCUT2D eigenvalue weighted by Crippen LogP contribution is -2.23. The number of halogens is 1. The molecule has 1 fully saturated rings. The van der Waals surface area contributed by atoms with E-state index in [1.54, 1.807) is 12.1 Å². The highest BCUT2D eigenvalue weighted by atomic mass is 32.2. The second-order valence-corrected chi connectivity index (χ2v) is 13.0. The lowest BCUT2D eigenvalue weighted by Gasteiger charge is -2.12. The molecule has 5 rings (SSSR count). The van der Waals surface area contributed by atoms with Crippen molar-refractivity contribution < 1.29 is 25.4 Å². The molecule has 0 amide bonds. The number of nitrogens with zero attached hydrogens (tertiary/aromatic N) is 3. The maximum absolute atomic E-state index is 13.6. The standard InChI is InChI=1S/C23H24FN5O5S2/c1-12(2)36(32,33)29-17-10-15(11-18(34-35(3,30)31)21(17)28-23(29)25)20-19(13-6-8-16(24)9-7-13)26-22(27-20)14-4-5-14/h6-12,14H,4-5H2,1-3H3,(H2,25,28)(H,26,27). The molecular weight excluding hydrogens is 509 g/mol. The van der Waals surface area contributed by atoms with Gasteiger partial charge in [0, 0.05) is 17.0 Å². The number of fused-ring (bicyclic) bond motifs is 1. The monoisotopic (exact) mass is 533 g/mol. The van der Waals surface area contributed by atoms with Gasteiger partial charge in [0.15, 0.2) is 5.75 Å². The number of hydrogen-bond donors (Lipinski definition) is 2. The Labute approximate surface area is 207 Å². The van der Waals surface area contributed by atoms with Crippen molar-refractivity contribution in [2.24, 2.45) is 0 Å². The summed E-state index contributed by atoms with van der Waals surface area (Å²) in [6.45, 7) is 3.00. The van der Waals surface area contributed by atoms with Gasteiger partial charge in [-0.1, -0.05) is 0 Å². The number of anilines is 1. The van der Waals surface area contributed by atoms with Crippen LogP contribution in [0.25, 0.3) is 33.5 Å². The Kier molecular flexibility index (Phi) is 5.59. The number of H-pyrrole nitrogens is 1. The highest BCUT2D eigenvalue weighted by Gasteiger charge is 2.31. The zero-order valence-corrected chi connectivity index (χ0v) is 21.3. The molecule has 2 heterocycles. The fraction of sp³-hybridized carbons (Fsp3) is 0.304. The van der Waals surface area contributed by atoms with Crippen LogP contribution in [0.2, 0.25) is 0 Å². The van der Waals surface area contributed by atoms with E-state index in [1.165, 1.54) is 38.1 Å². The maximum Gasteiger partial charge on any atom is 0.306 e. The first-order valence-electron chi connectivity index (χ1n) is 11.2. The van der Waals surface area contributed by atoms with Crippen LogP contribution in [0.4, 0.5) is 10.3 Å².